The van der Waals surface area contributed by atoms with Crippen LogP contribution in [0.4, 0.5) is 5.69 Å². The average Bonchev–Trinajstić information content (AvgIpc) is 2.47. The molecule has 0 saturated heterocycles. The fourth-order valence-electron chi connectivity index (χ4n) is 2.03. The summed E-state index contributed by atoms with van der Waals surface area (Å²) in [6, 6.07) is 13.9. The third kappa shape index (κ3) is 5.15. The summed E-state index contributed by atoms with van der Waals surface area (Å²) in [5, 5.41) is 4.03. The molecule has 0 heterocycles. The molecule has 2 rings (SSSR count). The quantitative estimate of drug-likeness (QED) is 0.740. The lowest BCUT2D eigenvalue weighted by atomic mass is 10.1. The molecular weight excluding hydrogens is 333 g/mol. The summed E-state index contributed by atoms with van der Waals surface area (Å²) in [5.74, 6) is -0.375. The van der Waals surface area contributed by atoms with E-state index in [2.05, 4.69) is 5.32 Å². The maximum Gasteiger partial charge on any atom is 0.333 e. The van der Waals surface area contributed by atoms with E-state index in [-0.39, 0.29) is 5.97 Å². The molecule has 0 radical (unpaired) electrons. The molecule has 1 atom stereocenters. The Hall–Kier alpha value is -1.71. The summed E-state index contributed by atoms with van der Waals surface area (Å²) in [6.07, 6.45) is 0. The molecule has 5 heteroatoms. The van der Waals surface area contributed by atoms with Crippen LogP contribution in [0.2, 0.25) is 10.0 Å². The van der Waals surface area contributed by atoms with Crippen molar-refractivity contribution in [2.24, 2.45) is 0 Å². The molecule has 0 fully saturated rings. The molecule has 0 aliphatic carbocycles. The van der Waals surface area contributed by atoms with Crippen molar-refractivity contribution >= 4 is 34.9 Å². The number of carbonyl (C=O) groups is 1. The first-order chi connectivity index (χ1) is 10.8. The molecule has 23 heavy (non-hydrogen) atoms. The van der Waals surface area contributed by atoms with Gasteiger partial charge in [0, 0.05) is 5.69 Å². The van der Waals surface area contributed by atoms with Gasteiger partial charge in [-0.1, -0.05) is 47.5 Å². The first-order valence-corrected chi connectivity index (χ1v) is 8.01. The fourth-order valence-corrected chi connectivity index (χ4v) is 2.34. The molecule has 0 spiro atoms. The lowest BCUT2D eigenvalue weighted by Crippen LogP contribution is -2.31. The Labute approximate surface area is 146 Å². The summed E-state index contributed by atoms with van der Waals surface area (Å²) >= 11 is 12.0. The number of carbonyl (C=O) groups excluding carboxylic acids is 1. The highest BCUT2D eigenvalue weighted by Crippen LogP contribution is 2.29. The Balaban J connectivity index is 2.34. The number of ether oxygens (including phenoxy) is 1. The molecule has 0 bridgehead atoms. The van der Waals surface area contributed by atoms with Crippen LogP contribution in [-0.4, -0.2) is 11.6 Å². The molecule has 0 aliphatic rings. The largest absolute Gasteiger partial charge is 0.458 e. The molecule has 122 valence electrons. The number of hydrogen-bond acceptors (Lipinski definition) is 3. The molecule has 1 N–H and O–H groups in total. The highest BCUT2D eigenvalue weighted by atomic mass is 35.5. The Bertz CT molecular complexity index is 681. The Morgan fingerprint density at radius 3 is 2.26 bits per heavy atom. The van der Waals surface area contributed by atoms with E-state index >= 15 is 0 Å². The number of hydrogen-bond donors (Lipinski definition) is 1. The van der Waals surface area contributed by atoms with Crippen LogP contribution in [0.5, 0.6) is 0 Å². The van der Waals surface area contributed by atoms with E-state index in [4.69, 9.17) is 27.9 Å². The summed E-state index contributed by atoms with van der Waals surface area (Å²) in [7, 11) is 0. The van der Waals surface area contributed by atoms with Crippen molar-refractivity contribution in [1.29, 1.82) is 0 Å². The summed E-state index contributed by atoms with van der Waals surface area (Å²) in [6.45, 7) is 5.50. The maximum atomic E-state index is 12.6. The number of esters is 1. The van der Waals surface area contributed by atoms with Gasteiger partial charge in [0.05, 0.1) is 10.0 Å². The lowest BCUT2D eigenvalue weighted by Gasteiger charge is -2.25. The smallest absolute Gasteiger partial charge is 0.333 e. The second-order valence-electron chi connectivity index (χ2n) is 6.15. The second kappa shape index (κ2) is 7.24. The third-order valence-corrected chi connectivity index (χ3v) is 3.74. The van der Waals surface area contributed by atoms with E-state index in [1.165, 1.54) is 0 Å². The zero-order valence-electron chi connectivity index (χ0n) is 13.3. The standard InChI is InChI=1S/C18H19Cl2NO2/c1-18(2,3)23-17(22)16(21-13-7-5-4-6-8-13)12-9-10-14(19)15(20)11-12/h4-11,16,21H,1-3H3. The third-order valence-electron chi connectivity index (χ3n) is 3.00. The zero-order chi connectivity index (χ0) is 17.0. The van der Waals surface area contributed by atoms with Crippen molar-refractivity contribution < 1.29 is 9.53 Å². The van der Waals surface area contributed by atoms with Crippen LogP contribution in [0.1, 0.15) is 32.4 Å². The van der Waals surface area contributed by atoms with E-state index in [0.717, 1.165) is 5.69 Å². The minimum atomic E-state index is -0.675. The minimum Gasteiger partial charge on any atom is -0.458 e. The number of nitrogens with one attached hydrogen (secondary N) is 1. The number of benzene rings is 2. The number of halogens is 2. The first kappa shape index (κ1) is 17.6. The van der Waals surface area contributed by atoms with E-state index in [9.17, 15) is 4.79 Å². The maximum absolute atomic E-state index is 12.6. The van der Waals surface area contributed by atoms with E-state index < -0.39 is 11.6 Å². The topological polar surface area (TPSA) is 38.3 Å². The van der Waals surface area contributed by atoms with E-state index in [1.807, 2.05) is 51.1 Å². The van der Waals surface area contributed by atoms with Crippen LogP contribution < -0.4 is 5.32 Å². The highest BCUT2D eigenvalue weighted by Gasteiger charge is 2.27. The van der Waals surface area contributed by atoms with Crippen molar-refractivity contribution in [2.45, 2.75) is 32.4 Å². The van der Waals surface area contributed by atoms with Gasteiger partial charge in [0.1, 0.15) is 5.60 Å². The van der Waals surface area contributed by atoms with Crippen LogP contribution >= 0.6 is 23.2 Å². The molecule has 2 aromatic carbocycles. The van der Waals surface area contributed by atoms with Gasteiger partial charge >= 0.3 is 5.97 Å². The van der Waals surface area contributed by atoms with E-state index in [1.54, 1.807) is 18.2 Å². The van der Waals surface area contributed by atoms with Crippen molar-refractivity contribution in [1.82, 2.24) is 0 Å². The number of rotatable bonds is 4. The van der Waals surface area contributed by atoms with E-state index in [0.29, 0.717) is 15.6 Å². The zero-order valence-corrected chi connectivity index (χ0v) is 14.8. The van der Waals surface area contributed by atoms with Crippen LogP contribution in [0.15, 0.2) is 48.5 Å². The van der Waals surface area contributed by atoms with Gasteiger partial charge in [-0.15, -0.1) is 0 Å². The Kier molecular flexibility index (Phi) is 5.55. The molecule has 0 amide bonds. The molecule has 3 nitrogen and oxygen atoms in total. The van der Waals surface area contributed by atoms with Gasteiger partial charge in [-0.25, -0.2) is 4.79 Å². The highest BCUT2D eigenvalue weighted by molar-refractivity contribution is 6.42. The monoisotopic (exact) mass is 351 g/mol. The van der Waals surface area contributed by atoms with Crippen molar-refractivity contribution in [3.05, 3.63) is 64.1 Å². The van der Waals surface area contributed by atoms with Crippen LogP contribution in [0, 0.1) is 0 Å². The molecule has 2 aromatic rings. The summed E-state index contributed by atoms with van der Waals surface area (Å²) < 4.78 is 5.52. The van der Waals surface area contributed by atoms with Crippen LogP contribution in [0.3, 0.4) is 0 Å². The summed E-state index contributed by atoms with van der Waals surface area (Å²) in [5.41, 5.74) is 0.927. The average molecular weight is 352 g/mol. The molecule has 0 aliphatic heterocycles. The van der Waals surface area contributed by atoms with Gasteiger partial charge in [-0.3, -0.25) is 0 Å². The SMILES string of the molecule is CC(C)(C)OC(=O)C(Nc1ccccc1)c1ccc(Cl)c(Cl)c1. The lowest BCUT2D eigenvalue weighted by molar-refractivity contribution is -0.156. The molecule has 0 aromatic heterocycles. The van der Waals surface area contributed by atoms with Crippen molar-refractivity contribution in [3.8, 4) is 0 Å². The van der Waals surface area contributed by atoms with Crippen molar-refractivity contribution in [2.75, 3.05) is 5.32 Å². The van der Waals surface area contributed by atoms with Crippen molar-refractivity contribution in [3.63, 3.8) is 0 Å². The van der Waals surface area contributed by atoms with Gasteiger partial charge < -0.3 is 10.1 Å². The molecule has 1 unspecified atom stereocenters. The van der Waals surface area contributed by atoms with Gasteiger partial charge in [-0.2, -0.15) is 0 Å². The number of para-hydroxylation sites is 1. The van der Waals surface area contributed by atoms with Crippen LogP contribution in [-0.2, 0) is 9.53 Å². The first-order valence-electron chi connectivity index (χ1n) is 7.26. The summed E-state index contributed by atoms with van der Waals surface area (Å²) in [4.78, 5) is 12.6. The normalized spacial score (nSPS) is 12.6. The fraction of sp³-hybridized carbons (Fsp3) is 0.278. The molecular formula is C18H19Cl2NO2. The van der Waals surface area contributed by atoms with Gasteiger partial charge in [0.25, 0.3) is 0 Å². The van der Waals surface area contributed by atoms with Crippen LogP contribution in [0.25, 0.3) is 0 Å². The Morgan fingerprint density at radius 2 is 1.70 bits per heavy atom. The van der Waals surface area contributed by atoms with Gasteiger partial charge in [-0.05, 0) is 50.6 Å². The molecule has 0 saturated carbocycles. The van der Waals surface area contributed by atoms with Gasteiger partial charge in [0.2, 0.25) is 0 Å². The Morgan fingerprint density at radius 1 is 1.04 bits per heavy atom. The second-order valence-corrected chi connectivity index (χ2v) is 6.96. The predicted molar refractivity (Wildman–Crippen MR) is 95.1 cm³/mol. The van der Waals surface area contributed by atoms with Gasteiger partial charge in [0.15, 0.2) is 6.04 Å². The minimum absolute atomic E-state index is 0.375. The number of anilines is 1. The predicted octanol–water partition coefficient (Wildman–Crippen LogP) is 5.49.